The summed E-state index contributed by atoms with van der Waals surface area (Å²) >= 11 is 1.87. The number of aromatic nitrogens is 1. The molecule has 1 fully saturated rings. The molecule has 0 radical (unpaired) electrons. The summed E-state index contributed by atoms with van der Waals surface area (Å²) in [7, 11) is 2.07. The molecule has 3 heteroatoms. The van der Waals surface area contributed by atoms with E-state index in [0.717, 1.165) is 6.42 Å². The summed E-state index contributed by atoms with van der Waals surface area (Å²) < 4.78 is 0. The standard InChI is InChI=1S/C11H18N2S/c1-8(2)10-13-7-9(14-10)6-11(12-3)4-5-11/h7-8,12H,4-6H2,1-3H3. The molecule has 14 heavy (non-hydrogen) atoms. The Morgan fingerprint density at radius 1 is 1.57 bits per heavy atom. The van der Waals surface area contributed by atoms with E-state index in [-0.39, 0.29) is 0 Å². The van der Waals surface area contributed by atoms with E-state index < -0.39 is 0 Å². The lowest BCUT2D eigenvalue weighted by Gasteiger charge is -2.11. The highest BCUT2D eigenvalue weighted by atomic mass is 32.1. The SMILES string of the molecule is CNC1(Cc2cnc(C(C)C)s2)CC1. The molecule has 1 aromatic rings. The summed E-state index contributed by atoms with van der Waals surface area (Å²) in [6.45, 7) is 4.40. The summed E-state index contributed by atoms with van der Waals surface area (Å²) in [5.74, 6) is 0.568. The van der Waals surface area contributed by atoms with Gasteiger partial charge in [-0.15, -0.1) is 11.3 Å². The van der Waals surface area contributed by atoms with Crippen LogP contribution in [-0.4, -0.2) is 17.6 Å². The van der Waals surface area contributed by atoms with E-state index in [4.69, 9.17) is 0 Å². The van der Waals surface area contributed by atoms with Crippen molar-refractivity contribution in [2.24, 2.45) is 0 Å². The normalized spacial score (nSPS) is 18.9. The van der Waals surface area contributed by atoms with Crippen LogP contribution in [0.5, 0.6) is 0 Å². The predicted molar refractivity (Wildman–Crippen MR) is 60.9 cm³/mol. The summed E-state index contributed by atoms with van der Waals surface area (Å²) in [5.41, 5.74) is 0.417. The van der Waals surface area contributed by atoms with Crippen molar-refractivity contribution in [2.45, 2.75) is 44.6 Å². The Balaban J connectivity index is 2.03. The van der Waals surface area contributed by atoms with Gasteiger partial charge in [-0.3, -0.25) is 0 Å². The zero-order valence-electron chi connectivity index (χ0n) is 9.13. The lowest BCUT2D eigenvalue weighted by molar-refractivity contribution is 0.552. The van der Waals surface area contributed by atoms with Gasteiger partial charge in [0.1, 0.15) is 0 Å². The fraction of sp³-hybridized carbons (Fsp3) is 0.727. The molecule has 2 nitrogen and oxygen atoms in total. The smallest absolute Gasteiger partial charge is 0.0953 e. The van der Waals surface area contributed by atoms with Gasteiger partial charge < -0.3 is 5.32 Å². The van der Waals surface area contributed by atoms with Gasteiger partial charge in [-0.05, 0) is 19.9 Å². The molecule has 78 valence electrons. The number of hydrogen-bond donors (Lipinski definition) is 1. The Bertz CT molecular complexity index is 313. The zero-order valence-corrected chi connectivity index (χ0v) is 9.95. The predicted octanol–water partition coefficient (Wildman–Crippen LogP) is 2.56. The molecular formula is C11H18N2S. The minimum atomic E-state index is 0.417. The maximum Gasteiger partial charge on any atom is 0.0953 e. The van der Waals surface area contributed by atoms with E-state index >= 15 is 0 Å². The first-order valence-electron chi connectivity index (χ1n) is 5.29. The number of likely N-dealkylation sites (N-methyl/N-ethyl adjacent to an activating group) is 1. The average Bonchev–Trinajstić information content (AvgIpc) is 2.75. The molecule has 0 aromatic carbocycles. The van der Waals surface area contributed by atoms with Crippen LogP contribution in [0.15, 0.2) is 6.20 Å². The lowest BCUT2D eigenvalue weighted by atomic mass is 10.2. The van der Waals surface area contributed by atoms with Gasteiger partial charge in [-0.1, -0.05) is 13.8 Å². The first-order chi connectivity index (χ1) is 6.65. The quantitative estimate of drug-likeness (QED) is 0.826. The van der Waals surface area contributed by atoms with E-state index in [9.17, 15) is 0 Å². The van der Waals surface area contributed by atoms with E-state index in [1.807, 2.05) is 11.3 Å². The maximum absolute atomic E-state index is 4.45. The number of hydrogen-bond acceptors (Lipinski definition) is 3. The number of nitrogens with zero attached hydrogens (tertiary/aromatic N) is 1. The molecule has 1 aliphatic rings. The summed E-state index contributed by atoms with van der Waals surface area (Å²) in [6, 6.07) is 0. The molecule has 0 bridgehead atoms. The minimum Gasteiger partial charge on any atom is -0.314 e. The van der Waals surface area contributed by atoms with E-state index in [1.165, 1.54) is 22.7 Å². The summed E-state index contributed by atoms with van der Waals surface area (Å²) in [5, 5.41) is 4.69. The van der Waals surface area contributed by atoms with Crippen LogP contribution < -0.4 is 5.32 Å². The summed E-state index contributed by atoms with van der Waals surface area (Å²) in [4.78, 5) is 5.88. The van der Waals surface area contributed by atoms with Crippen molar-refractivity contribution in [3.05, 3.63) is 16.1 Å². The number of rotatable bonds is 4. The van der Waals surface area contributed by atoms with Crippen LogP contribution in [0.4, 0.5) is 0 Å². The highest BCUT2D eigenvalue weighted by Crippen LogP contribution is 2.39. The third-order valence-corrected chi connectivity index (χ3v) is 4.26. The molecule has 1 N–H and O–H groups in total. The Kier molecular flexibility index (Phi) is 2.62. The lowest BCUT2D eigenvalue weighted by Crippen LogP contribution is -2.29. The van der Waals surface area contributed by atoms with Gasteiger partial charge in [0.05, 0.1) is 5.01 Å². The third kappa shape index (κ3) is 1.98. The molecule has 0 saturated heterocycles. The number of thiazole rings is 1. The molecule has 1 aliphatic carbocycles. The Morgan fingerprint density at radius 2 is 2.29 bits per heavy atom. The van der Waals surface area contributed by atoms with Gasteiger partial charge in [0.25, 0.3) is 0 Å². The second-order valence-corrected chi connectivity index (χ2v) is 5.67. The van der Waals surface area contributed by atoms with Crippen molar-refractivity contribution >= 4 is 11.3 Å². The molecule has 0 spiro atoms. The zero-order chi connectivity index (χ0) is 10.2. The van der Waals surface area contributed by atoms with Crippen LogP contribution in [0.25, 0.3) is 0 Å². The van der Waals surface area contributed by atoms with Gasteiger partial charge in [0.2, 0.25) is 0 Å². The largest absolute Gasteiger partial charge is 0.314 e. The molecule has 0 aliphatic heterocycles. The minimum absolute atomic E-state index is 0.417. The average molecular weight is 210 g/mol. The van der Waals surface area contributed by atoms with E-state index in [0.29, 0.717) is 11.5 Å². The fourth-order valence-electron chi connectivity index (χ4n) is 1.67. The first-order valence-corrected chi connectivity index (χ1v) is 6.10. The molecular weight excluding hydrogens is 192 g/mol. The van der Waals surface area contributed by atoms with Crippen molar-refractivity contribution in [1.82, 2.24) is 10.3 Å². The molecule has 1 heterocycles. The highest BCUT2D eigenvalue weighted by Gasteiger charge is 2.41. The first kappa shape index (κ1) is 10.1. The molecule has 0 amide bonds. The van der Waals surface area contributed by atoms with Crippen molar-refractivity contribution in [2.75, 3.05) is 7.05 Å². The van der Waals surface area contributed by atoms with Gasteiger partial charge >= 0.3 is 0 Å². The van der Waals surface area contributed by atoms with Crippen LogP contribution in [-0.2, 0) is 6.42 Å². The third-order valence-electron chi connectivity index (χ3n) is 2.96. The van der Waals surface area contributed by atoms with Gasteiger partial charge in [0, 0.05) is 29.0 Å². The van der Waals surface area contributed by atoms with Gasteiger partial charge in [-0.25, -0.2) is 4.98 Å². The monoisotopic (exact) mass is 210 g/mol. The van der Waals surface area contributed by atoms with Crippen LogP contribution >= 0.6 is 11.3 Å². The van der Waals surface area contributed by atoms with Crippen LogP contribution in [0, 0.1) is 0 Å². The van der Waals surface area contributed by atoms with E-state index in [2.05, 4.69) is 37.4 Å². The topological polar surface area (TPSA) is 24.9 Å². The van der Waals surface area contributed by atoms with Crippen molar-refractivity contribution < 1.29 is 0 Å². The van der Waals surface area contributed by atoms with Crippen molar-refractivity contribution in [3.63, 3.8) is 0 Å². The number of nitrogens with one attached hydrogen (secondary N) is 1. The Morgan fingerprint density at radius 3 is 2.71 bits per heavy atom. The van der Waals surface area contributed by atoms with Gasteiger partial charge in [-0.2, -0.15) is 0 Å². The molecule has 0 atom stereocenters. The van der Waals surface area contributed by atoms with Gasteiger partial charge in [0.15, 0.2) is 0 Å². The van der Waals surface area contributed by atoms with Crippen LogP contribution in [0.3, 0.4) is 0 Å². The van der Waals surface area contributed by atoms with E-state index in [1.54, 1.807) is 0 Å². The molecule has 0 unspecified atom stereocenters. The van der Waals surface area contributed by atoms with Crippen molar-refractivity contribution in [3.8, 4) is 0 Å². The Labute approximate surface area is 89.8 Å². The second-order valence-electron chi connectivity index (χ2n) is 4.53. The molecule has 2 rings (SSSR count). The summed E-state index contributed by atoms with van der Waals surface area (Å²) in [6.07, 6.45) is 5.85. The van der Waals surface area contributed by atoms with Crippen molar-refractivity contribution in [1.29, 1.82) is 0 Å². The fourth-order valence-corrected chi connectivity index (χ4v) is 2.73. The second kappa shape index (κ2) is 3.63. The van der Waals surface area contributed by atoms with Crippen LogP contribution in [0.2, 0.25) is 0 Å². The Hall–Kier alpha value is -0.410. The highest BCUT2D eigenvalue weighted by molar-refractivity contribution is 7.11. The van der Waals surface area contributed by atoms with Crippen LogP contribution in [0.1, 0.15) is 42.5 Å². The molecule has 1 saturated carbocycles. The molecule has 1 aromatic heterocycles. The maximum atomic E-state index is 4.45.